The van der Waals surface area contributed by atoms with Gasteiger partial charge in [0.25, 0.3) is 0 Å². The van der Waals surface area contributed by atoms with Crippen molar-refractivity contribution < 1.29 is 0 Å². The first kappa shape index (κ1) is 73.8. The van der Waals surface area contributed by atoms with Gasteiger partial charge in [-0.3, -0.25) is 0 Å². The van der Waals surface area contributed by atoms with Gasteiger partial charge < -0.3 is 4.57 Å². The Morgan fingerprint density at radius 2 is 0.670 bits per heavy atom. The predicted octanol–water partition coefficient (Wildman–Crippen LogP) is 31.9. The Bertz CT molecular complexity index is 4210. The molecular weight excluding hydrogens is 1270 g/mol. The number of aromatic nitrogens is 3. The first-order chi connectivity index (χ1) is 47.8. The van der Waals surface area contributed by atoms with Gasteiger partial charge in [0.1, 0.15) is 11.0 Å². The third-order valence-corrected chi connectivity index (χ3v) is 27.1. The number of unbranched alkanes of at least 4 members (excludes halogenated alkanes) is 30. The number of hydrogen-bond donors (Lipinski definition) is 0. The summed E-state index contributed by atoms with van der Waals surface area (Å²) in [5.74, 6) is 0. The van der Waals surface area contributed by atoms with Gasteiger partial charge in [-0.15, -0.1) is 45.3 Å². The Balaban J connectivity index is 1.15. The molecule has 97 heavy (non-hydrogen) atoms. The first-order valence-electron chi connectivity index (χ1n) is 40.1. The van der Waals surface area contributed by atoms with Crippen LogP contribution in [0.5, 0.6) is 0 Å². The van der Waals surface area contributed by atoms with E-state index in [-0.39, 0.29) is 0 Å². The lowest BCUT2D eigenvalue weighted by Gasteiger charge is -2.23. The quantitative estimate of drug-likeness (QED) is 0.0356. The molecule has 522 valence electrons. The van der Waals surface area contributed by atoms with Crippen LogP contribution in [0.1, 0.15) is 324 Å². The maximum absolute atomic E-state index is 5.00. The van der Waals surface area contributed by atoms with Crippen molar-refractivity contribution in [2.75, 3.05) is 0 Å². The van der Waals surface area contributed by atoms with E-state index in [0.29, 0.717) is 6.04 Å². The van der Waals surface area contributed by atoms with Crippen molar-refractivity contribution in [2.45, 2.75) is 331 Å². The average Bonchev–Trinajstić information content (AvgIpc) is 1.56. The highest BCUT2D eigenvalue weighted by atomic mass is 32.1. The lowest BCUT2D eigenvalue weighted by molar-refractivity contribution is 0.410. The molecule has 0 aliphatic heterocycles. The zero-order valence-electron chi connectivity index (χ0n) is 61.6. The molecule has 0 saturated carbocycles. The Morgan fingerprint density at radius 3 is 1.10 bits per heavy atom. The van der Waals surface area contributed by atoms with Gasteiger partial charge in [0, 0.05) is 77.4 Å². The van der Waals surface area contributed by atoms with Crippen molar-refractivity contribution >= 4 is 132 Å². The maximum Gasteiger partial charge on any atom is 0.114 e. The Kier molecular flexibility index (Phi) is 28.9. The topological polar surface area (TPSA) is 30.7 Å². The summed E-state index contributed by atoms with van der Waals surface area (Å²) in [4.78, 5) is 8.11. The van der Waals surface area contributed by atoms with Crippen molar-refractivity contribution in [1.29, 1.82) is 0 Å². The monoisotopic (exact) mass is 1390 g/mol. The largest absolute Gasteiger partial charge is 0.337 e. The van der Waals surface area contributed by atoms with Crippen molar-refractivity contribution in [3.63, 3.8) is 0 Å². The fraction of sp³-hybridized carbons (Fsp3) is 0.573. The van der Waals surface area contributed by atoms with E-state index >= 15 is 0 Å². The van der Waals surface area contributed by atoms with Crippen LogP contribution in [0.25, 0.3) is 105 Å². The zero-order chi connectivity index (χ0) is 67.3. The van der Waals surface area contributed by atoms with E-state index in [2.05, 4.69) is 155 Å². The van der Waals surface area contributed by atoms with Crippen molar-refractivity contribution in [1.82, 2.24) is 13.3 Å². The van der Waals surface area contributed by atoms with E-state index in [4.69, 9.17) is 8.75 Å². The molecule has 3 nitrogen and oxygen atoms in total. The van der Waals surface area contributed by atoms with Crippen LogP contribution in [0.2, 0.25) is 0 Å². The molecule has 0 aliphatic carbocycles. The normalized spacial score (nSPS) is 12.3. The van der Waals surface area contributed by atoms with Gasteiger partial charge in [0.15, 0.2) is 0 Å². The second-order valence-corrected chi connectivity index (χ2v) is 34.8. The van der Waals surface area contributed by atoms with Gasteiger partial charge in [-0.2, -0.15) is 8.75 Å². The molecule has 0 unspecified atom stereocenters. The highest BCUT2D eigenvalue weighted by molar-refractivity contribution is 7.27. The van der Waals surface area contributed by atoms with Crippen molar-refractivity contribution in [3.05, 3.63) is 105 Å². The second kappa shape index (κ2) is 38.0. The predicted molar refractivity (Wildman–Crippen MR) is 441 cm³/mol. The third kappa shape index (κ3) is 18.3. The summed E-state index contributed by atoms with van der Waals surface area (Å²) in [6, 6.07) is 31.0. The van der Waals surface area contributed by atoms with Crippen LogP contribution in [0.4, 0.5) is 0 Å². The molecule has 0 amide bonds. The summed E-state index contributed by atoms with van der Waals surface area (Å²) in [7, 11) is 0. The minimum absolute atomic E-state index is 0.443. The molecule has 11 rings (SSSR count). The molecule has 8 heteroatoms. The minimum Gasteiger partial charge on any atom is -0.337 e. The van der Waals surface area contributed by atoms with E-state index in [1.807, 2.05) is 22.7 Å². The summed E-state index contributed by atoms with van der Waals surface area (Å²) in [5, 5.41) is 12.3. The maximum atomic E-state index is 5.00. The summed E-state index contributed by atoms with van der Waals surface area (Å²) < 4.78 is 16.0. The van der Waals surface area contributed by atoms with Crippen molar-refractivity contribution in [3.8, 4) is 30.6 Å². The summed E-state index contributed by atoms with van der Waals surface area (Å²) in [6.07, 6.45) is 55.1. The molecule has 6 heterocycles. The lowest BCUT2D eigenvalue weighted by Crippen LogP contribution is -2.10. The number of rotatable bonds is 46. The van der Waals surface area contributed by atoms with Crippen LogP contribution in [-0.2, 0) is 25.7 Å². The Labute approximate surface area is 606 Å². The Morgan fingerprint density at radius 1 is 0.299 bits per heavy atom. The van der Waals surface area contributed by atoms with Gasteiger partial charge in [-0.05, 0) is 183 Å². The molecule has 0 spiro atoms. The number of fused-ring (bicyclic) bond motifs is 10. The molecular formula is C89H121N3S5. The van der Waals surface area contributed by atoms with Gasteiger partial charge >= 0.3 is 0 Å². The molecule has 0 N–H and O–H groups in total. The second-order valence-electron chi connectivity index (χ2n) is 29.6. The van der Waals surface area contributed by atoms with Crippen LogP contribution in [0.3, 0.4) is 0 Å². The molecule has 0 saturated heterocycles. The van der Waals surface area contributed by atoms with Crippen molar-refractivity contribution in [2.24, 2.45) is 0 Å². The van der Waals surface area contributed by atoms with E-state index in [1.54, 1.807) is 43.1 Å². The molecule has 5 aromatic carbocycles. The van der Waals surface area contributed by atoms with E-state index < -0.39 is 0 Å². The van der Waals surface area contributed by atoms with Gasteiger partial charge in [-0.1, -0.05) is 259 Å². The number of benzene rings is 5. The molecule has 0 radical (unpaired) electrons. The molecule has 6 aromatic heterocycles. The summed E-state index contributed by atoms with van der Waals surface area (Å²) in [5.41, 5.74) is 14.2. The van der Waals surface area contributed by atoms with E-state index in [0.717, 1.165) is 23.9 Å². The number of hydrogen-bond acceptors (Lipinski definition) is 7. The first-order valence-corrected chi connectivity index (χ1v) is 44.1. The highest BCUT2D eigenvalue weighted by Crippen LogP contribution is 2.51. The Hall–Kier alpha value is -4.44. The van der Waals surface area contributed by atoms with Crippen LogP contribution >= 0.6 is 57.1 Å². The number of aryl methyl sites for hydroxylation is 6. The zero-order valence-corrected chi connectivity index (χ0v) is 65.7. The standard InChI is InChI=1S/C89H121N3S5/c1-9-15-21-27-33-39-45-65(46-40-34-28-22-16-10-2)92-80-60-77-72(66(47-41-35-29-23-17-11-3)68(49-43-37-31-25-19-13-5)76-57-64(8)94-88(76)77)58-74(80)75-59-73-67(48-42-36-30-24-18-12-4)69(50-44-38-32-26-20-14-6)79-62-85(96-89(79)78(73)61-81(75)92)84-56-55-83(95-84)71-53-52-70(82-54-51-63(7)93-82)86-87(71)91-97-90-86/h51-62,65H,9-50H2,1-8H3. The molecule has 0 fully saturated rings. The highest BCUT2D eigenvalue weighted by Gasteiger charge is 2.27. The van der Waals surface area contributed by atoms with Crippen LogP contribution < -0.4 is 0 Å². The third-order valence-electron chi connectivity index (χ3n) is 22.0. The van der Waals surface area contributed by atoms with Crippen LogP contribution in [-0.4, -0.2) is 13.3 Å². The summed E-state index contributed by atoms with van der Waals surface area (Å²) in [6.45, 7) is 18.8. The smallest absolute Gasteiger partial charge is 0.114 e. The van der Waals surface area contributed by atoms with Crippen LogP contribution in [0.15, 0.2) is 72.8 Å². The number of nitrogens with zero attached hydrogens (tertiary/aromatic N) is 3. The van der Waals surface area contributed by atoms with Crippen LogP contribution in [0, 0.1) is 13.8 Å². The fourth-order valence-electron chi connectivity index (χ4n) is 16.6. The van der Waals surface area contributed by atoms with E-state index in [9.17, 15) is 0 Å². The van der Waals surface area contributed by atoms with Gasteiger partial charge in [0.05, 0.1) is 22.8 Å². The average molecular weight is 1390 g/mol. The fourth-order valence-corrected chi connectivity index (χ4v) is 21.4. The summed E-state index contributed by atoms with van der Waals surface area (Å²) >= 11 is 9.34. The molecule has 0 aliphatic rings. The van der Waals surface area contributed by atoms with E-state index in [1.165, 1.54) is 352 Å². The van der Waals surface area contributed by atoms with Gasteiger partial charge in [-0.25, -0.2) is 0 Å². The van der Waals surface area contributed by atoms with Gasteiger partial charge in [0.2, 0.25) is 0 Å². The number of thiophene rings is 4. The SMILES string of the molecule is CCCCCCCCc1c(CCCCCCCC)c2cc(C)sc2c2cc3c(cc12)c1cc2c(CCCCCCCC)c(CCCCCCCC)c4cc(-c5ccc(-c6ccc(-c7ccc(C)s7)c7nsnc67)s5)sc4c2cc1n3C(CCCCCCCC)CCCCCCCC. The molecule has 0 atom stereocenters. The molecule has 0 bridgehead atoms. The minimum atomic E-state index is 0.443. The molecule has 11 aromatic rings. The lowest BCUT2D eigenvalue weighted by atomic mass is 9.87.